The number of carbonyl (C=O) groups is 1. The van der Waals surface area contributed by atoms with Crippen LogP contribution in [0.25, 0.3) is 0 Å². The molecular weight excluding hydrogens is 144 g/mol. The third-order valence-electron chi connectivity index (χ3n) is 1.40. The molecular formula is C8H8OS. The van der Waals surface area contributed by atoms with Crippen molar-refractivity contribution in [2.75, 3.05) is 0 Å². The maximum Gasteiger partial charge on any atom is 0.151 e. The Balaban J connectivity index is 3.27. The first-order valence-electron chi connectivity index (χ1n) is 2.99. The van der Waals surface area contributed by atoms with Crippen LogP contribution in [0, 0.1) is 6.92 Å². The molecule has 0 heterocycles. The first-order chi connectivity index (χ1) is 4.75. The van der Waals surface area contributed by atoms with Crippen molar-refractivity contribution in [3.63, 3.8) is 0 Å². The predicted molar refractivity (Wildman–Crippen MR) is 43.8 cm³/mol. The van der Waals surface area contributed by atoms with Crippen molar-refractivity contribution < 1.29 is 4.79 Å². The smallest absolute Gasteiger partial charge is 0.151 e. The first-order valence-corrected chi connectivity index (χ1v) is 3.44. The lowest BCUT2D eigenvalue weighted by molar-refractivity contribution is 0.112. The van der Waals surface area contributed by atoms with Crippen molar-refractivity contribution in [1.29, 1.82) is 0 Å². The first kappa shape index (κ1) is 7.35. The van der Waals surface area contributed by atoms with E-state index in [9.17, 15) is 4.79 Å². The van der Waals surface area contributed by atoms with E-state index in [0.29, 0.717) is 5.56 Å². The third kappa shape index (κ3) is 1.21. The van der Waals surface area contributed by atoms with Crippen LogP contribution in [0.3, 0.4) is 0 Å². The fraction of sp³-hybridized carbons (Fsp3) is 0.125. The van der Waals surface area contributed by atoms with E-state index >= 15 is 0 Å². The maximum absolute atomic E-state index is 10.3. The van der Waals surface area contributed by atoms with Gasteiger partial charge in [-0.2, -0.15) is 0 Å². The molecule has 1 nitrogen and oxygen atoms in total. The van der Waals surface area contributed by atoms with Gasteiger partial charge in [-0.25, -0.2) is 0 Å². The highest BCUT2D eigenvalue weighted by atomic mass is 32.1. The summed E-state index contributed by atoms with van der Waals surface area (Å²) in [5.74, 6) is 0. The second-order valence-electron chi connectivity index (χ2n) is 2.13. The zero-order chi connectivity index (χ0) is 7.56. The lowest BCUT2D eigenvalue weighted by atomic mass is 10.1. The average molecular weight is 152 g/mol. The van der Waals surface area contributed by atoms with Gasteiger partial charge < -0.3 is 0 Å². The summed E-state index contributed by atoms with van der Waals surface area (Å²) >= 11 is 4.16. The van der Waals surface area contributed by atoms with Gasteiger partial charge in [0.1, 0.15) is 0 Å². The molecule has 2 heteroatoms. The lowest BCUT2D eigenvalue weighted by Crippen LogP contribution is -1.84. The molecule has 1 aromatic carbocycles. The minimum atomic E-state index is 0.656. The number of hydrogen-bond acceptors (Lipinski definition) is 2. The van der Waals surface area contributed by atoms with E-state index in [2.05, 4.69) is 12.6 Å². The average Bonchev–Trinajstić information content (AvgIpc) is 1.95. The topological polar surface area (TPSA) is 17.1 Å². The van der Waals surface area contributed by atoms with Crippen LogP contribution in [0.2, 0.25) is 0 Å². The summed E-state index contributed by atoms with van der Waals surface area (Å²) in [6.45, 7) is 1.93. The predicted octanol–water partition coefficient (Wildman–Crippen LogP) is 2.10. The van der Waals surface area contributed by atoms with E-state index in [4.69, 9.17) is 0 Å². The van der Waals surface area contributed by atoms with E-state index < -0.39 is 0 Å². The van der Waals surface area contributed by atoms with Crippen LogP contribution in [0.5, 0.6) is 0 Å². The Hall–Kier alpha value is -0.760. The normalized spacial score (nSPS) is 9.40. The van der Waals surface area contributed by atoms with E-state index in [-0.39, 0.29) is 0 Å². The molecule has 0 radical (unpaired) electrons. The summed E-state index contributed by atoms with van der Waals surface area (Å²) in [7, 11) is 0. The van der Waals surface area contributed by atoms with E-state index in [0.717, 1.165) is 16.7 Å². The van der Waals surface area contributed by atoms with Crippen molar-refractivity contribution in [2.45, 2.75) is 11.8 Å². The number of hydrogen-bond donors (Lipinski definition) is 1. The second-order valence-corrected chi connectivity index (χ2v) is 2.58. The van der Waals surface area contributed by atoms with Crippen LogP contribution in [0.15, 0.2) is 23.1 Å². The highest BCUT2D eigenvalue weighted by molar-refractivity contribution is 7.80. The molecule has 0 aliphatic heterocycles. The molecule has 0 amide bonds. The van der Waals surface area contributed by atoms with Crippen molar-refractivity contribution in [3.05, 3.63) is 29.3 Å². The van der Waals surface area contributed by atoms with Crippen LogP contribution in [-0.2, 0) is 0 Å². The molecule has 1 aromatic rings. The number of rotatable bonds is 1. The maximum atomic E-state index is 10.3. The van der Waals surface area contributed by atoms with Gasteiger partial charge in [0.05, 0.1) is 0 Å². The number of thiol groups is 1. The molecule has 0 aliphatic carbocycles. The minimum absolute atomic E-state index is 0.656. The van der Waals surface area contributed by atoms with Gasteiger partial charge >= 0.3 is 0 Å². The summed E-state index contributed by atoms with van der Waals surface area (Å²) in [5, 5.41) is 0. The van der Waals surface area contributed by atoms with Gasteiger partial charge in [0.15, 0.2) is 6.29 Å². The van der Waals surface area contributed by atoms with Crippen LogP contribution >= 0.6 is 12.6 Å². The van der Waals surface area contributed by atoms with E-state index in [1.807, 2.05) is 19.1 Å². The Morgan fingerprint density at radius 1 is 1.50 bits per heavy atom. The third-order valence-corrected chi connectivity index (χ3v) is 2.01. The Kier molecular flexibility index (Phi) is 2.12. The fourth-order valence-electron chi connectivity index (χ4n) is 0.777. The van der Waals surface area contributed by atoms with Gasteiger partial charge in [-0.15, -0.1) is 12.6 Å². The van der Waals surface area contributed by atoms with Crippen molar-refractivity contribution >= 4 is 18.9 Å². The highest BCUT2D eigenvalue weighted by Gasteiger charge is 1.97. The number of aldehydes is 1. The minimum Gasteiger partial charge on any atom is -0.298 e. The van der Waals surface area contributed by atoms with Crippen LogP contribution in [0.4, 0.5) is 0 Å². The van der Waals surface area contributed by atoms with Crippen LogP contribution in [0.1, 0.15) is 15.9 Å². The fourth-order valence-corrected chi connectivity index (χ4v) is 0.979. The Morgan fingerprint density at radius 3 is 2.70 bits per heavy atom. The zero-order valence-electron chi connectivity index (χ0n) is 5.66. The molecule has 0 aliphatic rings. The molecule has 0 N–H and O–H groups in total. The van der Waals surface area contributed by atoms with Gasteiger partial charge in [0.2, 0.25) is 0 Å². The summed E-state index contributed by atoms with van der Waals surface area (Å²) in [6.07, 6.45) is 0.815. The summed E-state index contributed by atoms with van der Waals surface area (Å²) in [5.41, 5.74) is 1.69. The quantitative estimate of drug-likeness (QED) is 0.481. The van der Waals surface area contributed by atoms with Crippen LogP contribution < -0.4 is 0 Å². The van der Waals surface area contributed by atoms with Gasteiger partial charge in [-0.1, -0.05) is 18.2 Å². The number of carbonyl (C=O) groups excluding carboxylic acids is 1. The Morgan fingerprint density at radius 2 is 2.20 bits per heavy atom. The monoisotopic (exact) mass is 152 g/mol. The van der Waals surface area contributed by atoms with Crippen LogP contribution in [-0.4, -0.2) is 6.29 Å². The molecule has 0 saturated carbocycles. The molecule has 0 fully saturated rings. The molecule has 1 rings (SSSR count). The molecule has 0 aromatic heterocycles. The Bertz CT molecular complexity index is 255. The molecule has 0 unspecified atom stereocenters. The van der Waals surface area contributed by atoms with Gasteiger partial charge in [-0.3, -0.25) is 4.79 Å². The molecule has 0 saturated heterocycles. The SMILES string of the molecule is Cc1cccc(C=O)c1S. The van der Waals surface area contributed by atoms with Crippen molar-refractivity contribution in [3.8, 4) is 0 Å². The van der Waals surface area contributed by atoms with Gasteiger partial charge in [-0.05, 0) is 12.5 Å². The lowest BCUT2D eigenvalue weighted by Gasteiger charge is -1.98. The summed E-state index contributed by atoms with van der Waals surface area (Å²) in [4.78, 5) is 11.1. The summed E-state index contributed by atoms with van der Waals surface area (Å²) < 4.78 is 0. The number of aryl methyl sites for hydroxylation is 1. The summed E-state index contributed by atoms with van der Waals surface area (Å²) in [6, 6.07) is 5.52. The van der Waals surface area contributed by atoms with E-state index in [1.54, 1.807) is 6.07 Å². The molecule has 0 atom stereocenters. The number of benzene rings is 1. The van der Waals surface area contributed by atoms with E-state index in [1.165, 1.54) is 0 Å². The van der Waals surface area contributed by atoms with Crippen molar-refractivity contribution in [1.82, 2.24) is 0 Å². The van der Waals surface area contributed by atoms with Gasteiger partial charge in [0, 0.05) is 10.5 Å². The Labute approximate surface area is 65.5 Å². The van der Waals surface area contributed by atoms with Crippen molar-refractivity contribution in [2.24, 2.45) is 0 Å². The highest BCUT2D eigenvalue weighted by Crippen LogP contribution is 2.15. The molecule has 10 heavy (non-hydrogen) atoms. The molecule has 0 bridgehead atoms. The molecule has 52 valence electrons. The molecule has 0 spiro atoms. The second kappa shape index (κ2) is 2.88. The zero-order valence-corrected chi connectivity index (χ0v) is 6.56. The van der Waals surface area contributed by atoms with Gasteiger partial charge in [0.25, 0.3) is 0 Å². The standard InChI is InChI=1S/C8H8OS/c1-6-3-2-4-7(5-9)8(6)10/h2-5,10H,1H3. The largest absolute Gasteiger partial charge is 0.298 e.